The molecule has 0 radical (unpaired) electrons. The Morgan fingerprint density at radius 1 is 0.941 bits per heavy atom. The van der Waals surface area contributed by atoms with Gasteiger partial charge in [0.15, 0.2) is 0 Å². The molecule has 14 nitrogen and oxygen atoms in total. The molecule has 6 atom stereocenters. The van der Waals surface area contributed by atoms with Crippen LogP contribution in [0.2, 0.25) is 0 Å². The van der Waals surface area contributed by atoms with Crippen molar-refractivity contribution in [1.82, 2.24) is 31.1 Å². The van der Waals surface area contributed by atoms with Gasteiger partial charge in [-0.3, -0.25) is 28.8 Å². The number of ketones is 1. The molecule has 1 unspecified atom stereocenters. The van der Waals surface area contributed by atoms with Gasteiger partial charge in [0.2, 0.25) is 29.4 Å². The number of alkyl carbamates (subject to hydrolysis) is 1. The Morgan fingerprint density at radius 2 is 1.63 bits per heavy atom. The fraction of sp³-hybridized carbons (Fsp3) is 0.649. The van der Waals surface area contributed by atoms with E-state index in [1.165, 1.54) is 9.80 Å². The van der Waals surface area contributed by atoms with Crippen LogP contribution < -0.4 is 21.3 Å². The predicted octanol–water partition coefficient (Wildman–Crippen LogP) is 2.08. The number of fused-ring (bicyclic) bond motifs is 1. The Balaban J connectivity index is 1.39. The first-order valence-electron chi connectivity index (χ1n) is 18.2. The van der Waals surface area contributed by atoms with Gasteiger partial charge < -0.3 is 35.8 Å². The molecule has 3 aliphatic rings. The molecule has 3 fully saturated rings. The summed E-state index contributed by atoms with van der Waals surface area (Å²) in [7, 11) is 3.13. The van der Waals surface area contributed by atoms with Gasteiger partial charge in [-0.15, -0.1) is 0 Å². The molecule has 4 N–H and O–H groups in total. The summed E-state index contributed by atoms with van der Waals surface area (Å²) in [5.41, 5.74) is 0.557. The highest BCUT2D eigenvalue weighted by molar-refractivity contribution is 6.38. The summed E-state index contributed by atoms with van der Waals surface area (Å²) in [4.78, 5) is 95.5. The molecule has 2 saturated carbocycles. The molecule has 1 aliphatic heterocycles. The number of rotatable bonds is 16. The lowest BCUT2D eigenvalue weighted by Gasteiger charge is -2.35. The number of likely N-dealkylation sites (N-methyl/N-ethyl adjacent to an activating group) is 1. The van der Waals surface area contributed by atoms with Crippen LogP contribution in [-0.4, -0.2) is 103 Å². The standard InChI is InChI=1S/C37H54N6O8/c1-6-13-27(32(45)34(47)38-19-28(44)40-29(35(48)42(4)5)23-14-9-7-10-15-23)39-33(46)31-26-18-25(26)20-43(31)36(49)30(24-16-11-8-12-17-24)41-37(50)51-21-22(2)3/h7,9-10,14-15,22,24-27,29-31H,6,8,11-13,16-21H2,1-5H3,(H,38,47)(H,39,46)(H,40,44)(H,41,50)/t25-,26-,27-,29?,30-,31-/m0/s1. The minimum atomic E-state index is -1.18. The molecular formula is C37H54N6O8. The second-order valence-corrected chi connectivity index (χ2v) is 14.6. The van der Waals surface area contributed by atoms with Gasteiger partial charge in [-0.2, -0.15) is 0 Å². The van der Waals surface area contributed by atoms with Crippen LogP contribution in [0.4, 0.5) is 4.79 Å². The third kappa shape index (κ3) is 10.5. The zero-order chi connectivity index (χ0) is 37.2. The van der Waals surface area contributed by atoms with E-state index in [4.69, 9.17) is 4.74 Å². The molecule has 1 heterocycles. The Kier molecular flexibility index (Phi) is 14.0. The Labute approximate surface area is 300 Å². The maximum absolute atomic E-state index is 14.1. The van der Waals surface area contributed by atoms with E-state index >= 15 is 0 Å². The van der Waals surface area contributed by atoms with Crippen molar-refractivity contribution in [1.29, 1.82) is 0 Å². The zero-order valence-corrected chi connectivity index (χ0v) is 30.4. The van der Waals surface area contributed by atoms with E-state index in [0.29, 0.717) is 18.5 Å². The number of hydrogen-bond acceptors (Lipinski definition) is 8. The van der Waals surface area contributed by atoms with Gasteiger partial charge >= 0.3 is 6.09 Å². The lowest BCUT2D eigenvalue weighted by atomic mass is 9.83. The fourth-order valence-corrected chi connectivity index (χ4v) is 7.09. The van der Waals surface area contributed by atoms with Crippen LogP contribution in [0, 0.1) is 23.7 Å². The van der Waals surface area contributed by atoms with Crippen molar-refractivity contribution < 1.29 is 38.3 Å². The number of piperidine rings is 1. The van der Waals surface area contributed by atoms with Gasteiger partial charge in [0.1, 0.15) is 18.1 Å². The zero-order valence-electron chi connectivity index (χ0n) is 30.4. The Bertz CT molecular complexity index is 1430. The normalized spacial score (nSPS) is 21.4. The van der Waals surface area contributed by atoms with Crippen LogP contribution in [0.1, 0.15) is 83.7 Å². The van der Waals surface area contributed by atoms with Gasteiger partial charge in [0.05, 0.1) is 19.2 Å². The summed E-state index contributed by atoms with van der Waals surface area (Å²) < 4.78 is 5.35. The van der Waals surface area contributed by atoms with Crippen LogP contribution in [0.5, 0.6) is 0 Å². The largest absolute Gasteiger partial charge is 0.449 e. The fourth-order valence-electron chi connectivity index (χ4n) is 7.09. The molecular weight excluding hydrogens is 656 g/mol. The van der Waals surface area contributed by atoms with Crippen LogP contribution >= 0.6 is 0 Å². The van der Waals surface area contributed by atoms with E-state index < -0.39 is 60.3 Å². The van der Waals surface area contributed by atoms with Gasteiger partial charge in [-0.1, -0.05) is 76.8 Å². The number of ether oxygens (including phenoxy) is 1. The lowest BCUT2D eigenvalue weighted by Crippen LogP contribution is -2.59. The van der Waals surface area contributed by atoms with Crippen LogP contribution in [0.15, 0.2) is 30.3 Å². The minimum Gasteiger partial charge on any atom is -0.449 e. The van der Waals surface area contributed by atoms with Crippen molar-refractivity contribution in [3.05, 3.63) is 35.9 Å². The number of nitrogens with one attached hydrogen (secondary N) is 4. The molecule has 1 aromatic carbocycles. The summed E-state index contributed by atoms with van der Waals surface area (Å²) in [6.45, 7) is 5.68. The third-order valence-electron chi connectivity index (χ3n) is 9.88. The molecule has 280 valence electrons. The molecule has 14 heteroatoms. The van der Waals surface area contributed by atoms with E-state index in [-0.39, 0.29) is 48.5 Å². The highest BCUT2D eigenvalue weighted by Crippen LogP contribution is 2.50. The van der Waals surface area contributed by atoms with E-state index in [1.54, 1.807) is 44.4 Å². The number of carbonyl (C=O) groups excluding carboxylic acids is 7. The molecule has 1 aromatic rings. The number of carbonyl (C=O) groups is 7. The quantitative estimate of drug-likeness (QED) is 0.188. The summed E-state index contributed by atoms with van der Waals surface area (Å²) in [6, 6.07) is 4.81. The van der Waals surface area contributed by atoms with Gasteiger partial charge in [-0.05, 0) is 54.9 Å². The van der Waals surface area contributed by atoms with Crippen LogP contribution in [0.3, 0.4) is 0 Å². The SMILES string of the molecule is CCC[C@H](NC(=O)[C@@H]1[C@H]2C[C@H]2CN1C(=O)[C@@H](NC(=O)OCC(C)C)C1CCCCC1)C(=O)C(=O)NCC(=O)NC(C(=O)N(C)C)c1ccccc1. The number of benzene rings is 1. The second-order valence-electron chi connectivity index (χ2n) is 14.6. The minimum absolute atomic E-state index is 0.0776. The average Bonchev–Trinajstić information content (AvgIpc) is 3.78. The van der Waals surface area contributed by atoms with Crippen molar-refractivity contribution in [2.24, 2.45) is 23.7 Å². The third-order valence-corrected chi connectivity index (χ3v) is 9.88. The van der Waals surface area contributed by atoms with Crippen molar-refractivity contribution in [3.8, 4) is 0 Å². The molecule has 0 aromatic heterocycles. The average molecular weight is 711 g/mol. The van der Waals surface area contributed by atoms with Crippen molar-refractivity contribution in [2.45, 2.75) is 96.3 Å². The van der Waals surface area contributed by atoms with Crippen molar-refractivity contribution in [3.63, 3.8) is 0 Å². The smallest absolute Gasteiger partial charge is 0.407 e. The molecule has 1 saturated heterocycles. The van der Waals surface area contributed by atoms with Crippen molar-refractivity contribution >= 4 is 41.4 Å². The first-order valence-corrected chi connectivity index (χ1v) is 18.2. The van der Waals surface area contributed by atoms with E-state index in [1.807, 2.05) is 20.8 Å². The molecule has 6 amide bonds. The predicted molar refractivity (Wildman–Crippen MR) is 188 cm³/mol. The summed E-state index contributed by atoms with van der Waals surface area (Å²) >= 11 is 0. The summed E-state index contributed by atoms with van der Waals surface area (Å²) in [6.07, 6.45) is 5.24. The maximum Gasteiger partial charge on any atom is 0.407 e. The van der Waals surface area contributed by atoms with Crippen molar-refractivity contribution in [2.75, 3.05) is 33.8 Å². The van der Waals surface area contributed by atoms with Gasteiger partial charge in [-0.25, -0.2) is 4.79 Å². The molecule has 0 bridgehead atoms. The first kappa shape index (κ1) is 39.3. The molecule has 4 rings (SSSR count). The number of Topliss-reactive ketones (excluding diaryl/α,β-unsaturated/α-hetero) is 1. The highest BCUT2D eigenvalue weighted by Gasteiger charge is 2.58. The van der Waals surface area contributed by atoms with Crippen LogP contribution in [0.25, 0.3) is 0 Å². The Morgan fingerprint density at radius 3 is 2.25 bits per heavy atom. The maximum atomic E-state index is 14.1. The first-order chi connectivity index (χ1) is 24.3. The number of nitrogens with zero attached hydrogens (tertiary/aromatic N) is 2. The van der Waals surface area contributed by atoms with E-state index in [9.17, 15) is 33.6 Å². The van der Waals surface area contributed by atoms with Crippen LogP contribution in [-0.2, 0) is 33.5 Å². The Hall–Kier alpha value is -4.49. The molecule has 2 aliphatic carbocycles. The number of amides is 6. The molecule has 51 heavy (non-hydrogen) atoms. The number of hydrogen-bond donors (Lipinski definition) is 4. The highest BCUT2D eigenvalue weighted by atomic mass is 16.5. The van der Waals surface area contributed by atoms with Gasteiger partial charge in [0, 0.05) is 20.6 Å². The topological polar surface area (TPSA) is 183 Å². The number of likely N-dealkylation sites (tertiary alicyclic amines) is 1. The lowest BCUT2D eigenvalue weighted by molar-refractivity contribution is -0.144. The molecule has 0 spiro atoms. The van der Waals surface area contributed by atoms with E-state index in [2.05, 4.69) is 21.3 Å². The van der Waals surface area contributed by atoms with E-state index in [0.717, 1.165) is 38.5 Å². The second kappa shape index (κ2) is 18.1. The summed E-state index contributed by atoms with van der Waals surface area (Å²) in [5.74, 6) is -3.76. The van der Waals surface area contributed by atoms with Gasteiger partial charge in [0.25, 0.3) is 5.91 Å². The monoisotopic (exact) mass is 710 g/mol. The summed E-state index contributed by atoms with van der Waals surface area (Å²) in [5, 5.41) is 10.5.